The minimum Gasteiger partial charge on any atom is -0.336 e. The summed E-state index contributed by atoms with van der Waals surface area (Å²) in [5.41, 5.74) is 5.72. The zero-order valence-electron chi connectivity index (χ0n) is 16.8. The second-order valence-corrected chi connectivity index (χ2v) is 7.83. The van der Waals surface area contributed by atoms with E-state index in [0.717, 1.165) is 53.9 Å². The molecule has 3 aromatic rings. The molecule has 0 saturated carbocycles. The Morgan fingerprint density at radius 2 is 2.10 bits per heavy atom. The molecule has 1 fully saturated rings. The molecule has 1 aromatic carbocycles. The highest BCUT2D eigenvalue weighted by Crippen LogP contribution is 2.26. The molecule has 0 spiro atoms. The van der Waals surface area contributed by atoms with Crippen molar-refractivity contribution in [1.82, 2.24) is 29.8 Å². The van der Waals surface area contributed by atoms with Gasteiger partial charge in [-0.25, -0.2) is 9.78 Å². The summed E-state index contributed by atoms with van der Waals surface area (Å²) in [6, 6.07) is 5.61. The van der Waals surface area contributed by atoms with Crippen LogP contribution < -0.4 is 10.6 Å². The third kappa shape index (κ3) is 3.36. The van der Waals surface area contributed by atoms with Gasteiger partial charge < -0.3 is 15.5 Å². The van der Waals surface area contributed by atoms with E-state index in [1.807, 2.05) is 31.3 Å². The summed E-state index contributed by atoms with van der Waals surface area (Å²) in [5, 5.41) is 14.2. The summed E-state index contributed by atoms with van der Waals surface area (Å²) in [6.07, 6.45) is 6.30. The zero-order valence-corrected chi connectivity index (χ0v) is 16.8. The molecule has 9 heteroatoms. The van der Waals surface area contributed by atoms with E-state index in [0.29, 0.717) is 18.9 Å². The summed E-state index contributed by atoms with van der Waals surface area (Å²) in [4.78, 5) is 30.1. The maximum atomic E-state index is 12.3. The van der Waals surface area contributed by atoms with Crippen molar-refractivity contribution in [2.75, 3.05) is 25.0 Å². The van der Waals surface area contributed by atoms with Crippen LogP contribution in [0.2, 0.25) is 0 Å². The topological polar surface area (TPSA) is 105 Å². The van der Waals surface area contributed by atoms with Gasteiger partial charge in [0.25, 0.3) is 5.78 Å². The predicted molar refractivity (Wildman–Crippen MR) is 111 cm³/mol. The van der Waals surface area contributed by atoms with Gasteiger partial charge in [0, 0.05) is 36.2 Å². The fourth-order valence-corrected chi connectivity index (χ4v) is 4.11. The lowest BCUT2D eigenvalue weighted by Gasteiger charge is -2.15. The molecule has 0 radical (unpaired) electrons. The molecule has 9 nitrogen and oxygen atoms in total. The van der Waals surface area contributed by atoms with Crippen LogP contribution >= 0.6 is 0 Å². The molecule has 5 rings (SSSR count). The number of benzene rings is 1. The van der Waals surface area contributed by atoms with Crippen molar-refractivity contribution in [2.24, 2.45) is 0 Å². The highest BCUT2D eigenvalue weighted by atomic mass is 16.2. The molecule has 0 atom stereocenters. The van der Waals surface area contributed by atoms with Gasteiger partial charge in [0.1, 0.15) is 6.54 Å². The van der Waals surface area contributed by atoms with E-state index in [-0.39, 0.29) is 18.5 Å². The number of hydrogen-bond donors (Lipinski definition) is 2. The molecule has 154 valence electrons. The van der Waals surface area contributed by atoms with Crippen LogP contribution in [0.25, 0.3) is 17.0 Å². The first kappa shape index (κ1) is 18.5. The maximum absolute atomic E-state index is 12.3. The predicted octanol–water partition coefficient (Wildman–Crippen LogP) is 1.94. The fourth-order valence-electron chi connectivity index (χ4n) is 4.11. The second-order valence-electron chi connectivity index (χ2n) is 7.83. The Hall–Kier alpha value is -3.49. The van der Waals surface area contributed by atoms with E-state index < -0.39 is 0 Å². The normalized spacial score (nSPS) is 15.9. The smallest absolute Gasteiger partial charge is 0.317 e. The lowest BCUT2D eigenvalue weighted by Crippen LogP contribution is -2.35. The van der Waals surface area contributed by atoms with Crippen LogP contribution in [0.1, 0.15) is 29.8 Å². The number of carbonyl (C=O) groups excluding carboxylic acids is 2. The van der Waals surface area contributed by atoms with Crippen molar-refractivity contribution >= 4 is 23.4 Å². The molecule has 1 saturated heterocycles. The van der Waals surface area contributed by atoms with E-state index in [1.165, 1.54) is 10.6 Å². The largest absolute Gasteiger partial charge is 0.336 e. The molecule has 2 aromatic heterocycles. The Morgan fingerprint density at radius 3 is 2.90 bits per heavy atom. The van der Waals surface area contributed by atoms with Gasteiger partial charge in [0.15, 0.2) is 0 Å². The van der Waals surface area contributed by atoms with Crippen molar-refractivity contribution in [1.29, 1.82) is 0 Å². The fraction of sp³-hybridized carbons (Fsp3) is 0.381. The highest BCUT2D eigenvalue weighted by Gasteiger charge is 2.22. The molecular weight excluding hydrogens is 382 g/mol. The number of aryl methyl sites for hydroxylation is 3. The van der Waals surface area contributed by atoms with E-state index in [9.17, 15) is 9.59 Å². The number of nitrogens with zero attached hydrogens (tertiary/aromatic N) is 5. The highest BCUT2D eigenvalue weighted by molar-refractivity contribution is 5.95. The van der Waals surface area contributed by atoms with Crippen molar-refractivity contribution in [3.63, 3.8) is 0 Å². The average Bonchev–Trinajstić information content (AvgIpc) is 3.36. The second kappa shape index (κ2) is 7.40. The van der Waals surface area contributed by atoms with Crippen LogP contribution in [0.5, 0.6) is 0 Å². The SMILES string of the molecule is Cc1cc(-c2cn3c4c(nnc3n2)CCCC4)ccc1NC(=O)CN1CCNC1=O. The zero-order chi connectivity index (χ0) is 20.7. The minimum atomic E-state index is -0.211. The Labute approximate surface area is 173 Å². The number of nitrogens with one attached hydrogen (secondary N) is 2. The number of fused-ring (bicyclic) bond motifs is 3. The van der Waals surface area contributed by atoms with E-state index in [1.54, 1.807) is 0 Å². The molecule has 0 unspecified atom stereocenters. The lowest BCUT2D eigenvalue weighted by atomic mass is 10.0. The molecular formula is C21H23N7O2. The number of amides is 3. The van der Waals surface area contributed by atoms with Crippen molar-refractivity contribution in [3.05, 3.63) is 41.3 Å². The van der Waals surface area contributed by atoms with Crippen LogP contribution in [0.15, 0.2) is 24.4 Å². The molecule has 2 N–H and O–H groups in total. The third-order valence-corrected chi connectivity index (χ3v) is 5.72. The summed E-state index contributed by atoms with van der Waals surface area (Å²) in [7, 11) is 0. The van der Waals surface area contributed by atoms with E-state index >= 15 is 0 Å². The number of rotatable bonds is 4. The molecule has 2 aliphatic rings. The first-order valence-electron chi connectivity index (χ1n) is 10.3. The van der Waals surface area contributed by atoms with Crippen LogP contribution in [-0.2, 0) is 17.6 Å². The Balaban J connectivity index is 1.37. The number of aromatic nitrogens is 4. The summed E-state index contributed by atoms with van der Waals surface area (Å²) in [6.45, 7) is 3.11. The lowest BCUT2D eigenvalue weighted by molar-refractivity contribution is -0.116. The van der Waals surface area contributed by atoms with Gasteiger partial charge in [-0.3, -0.25) is 9.20 Å². The first-order chi connectivity index (χ1) is 14.6. The van der Waals surface area contributed by atoms with Crippen LogP contribution in [0.3, 0.4) is 0 Å². The molecule has 0 bridgehead atoms. The summed E-state index contributed by atoms with van der Waals surface area (Å²) in [5.74, 6) is 0.405. The van der Waals surface area contributed by atoms with Crippen LogP contribution in [-0.4, -0.2) is 56.1 Å². The maximum Gasteiger partial charge on any atom is 0.317 e. The van der Waals surface area contributed by atoms with Gasteiger partial charge in [0.05, 0.1) is 11.4 Å². The van der Waals surface area contributed by atoms with Gasteiger partial charge >= 0.3 is 6.03 Å². The van der Waals surface area contributed by atoms with E-state index in [2.05, 4.69) is 30.2 Å². The number of imidazole rings is 1. The molecule has 1 aliphatic carbocycles. The number of hydrogen-bond acceptors (Lipinski definition) is 5. The van der Waals surface area contributed by atoms with Crippen molar-refractivity contribution in [2.45, 2.75) is 32.6 Å². The van der Waals surface area contributed by atoms with Gasteiger partial charge in [-0.05, 0) is 50.3 Å². The standard InChI is InChI=1S/C21H23N7O2/c1-13-10-14(6-7-15(13)23-19(29)12-27-9-8-22-21(27)30)17-11-28-18-5-3-2-4-16(18)25-26-20(28)24-17/h6-7,10-11H,2-5,8-9,12H2,1H3,(H,22,30)(H,23,29). The molecule has 30 heavy (non-hydrogen) atoms. The Kier molecular flexibility index (Phi) is 4.57. The molecule has 1 aliphatic heterocycles. The van der Waals surface area contributed by atoms with Gasteiger partial charge in [-0.2, -0.15) is 5.10 Å². The number of carbonyl (C=O) groups is 2. The molecule has 3 amide bonds. The number of anilines is 1. The number of urea groups is 1. The van der Waals surface area contributed by atoms with Crippen molar-refractivity contribution in [3.8, 4) is 11.3 Å². The Morgan fingerprint density at radius 1 is 1.23 bits per heavy atom. The summed E-state index contributed by atoms with van der Waals surface area (Å²) >= 11 is 0. The van der Waals surface area contributed by atoms with Crippen LogP contribution in [0.4, 0.5) is 10.5 Å². The minimum absolute atomic E-state index is 0.0449. The summed E-state index contributed by atoms with van der Waals surface area (Å²) < 4.78 is 2.06. The monoisotopic (exact) mass is 405 g/mol. The first-order valence-corrected chi connectivity index (χ1v) is 10.3. The quantitative estimate of drug-likeness (QED) is 0.690. The van der Waals surface area contributed by atoms with E-state index in [4.69, 9.17) is 0 Å². The van der Waals surface area contributed by atoms with Gasteiger partial charge in [0.2, 0.25) is 5.91 Å². The van der Waals surface area contributed by atoms with Crippen molar-refractivity contribution < 1.29 is 9.59 Å². The Bertz CT molecular complexity index is 1150. The third-order valence-electron chi connectivity index (χ3n) is 5.72. The van der Waals surface area contributed by atoms with Gasteiger partial charge in [-0.15, -0.1) is 5.10 Å². The molecule has 3 heterocycles. The van der Waals surface area contributed by atoms with Gasteiger partial charge in [-0.1, -0.05) is 6.07 Å². The van der Waals surface area contributed by atoms with Crippen LogP contribution in [0, 0.1) is 6.92 Å². The average molecular weight is 405 g/mol.